The highest BCUT2D eigenvalue weighted by Crippen LogP contribution is 2.41. The summed E-state index contributed by atoms with van der Waals surface area (Å²) in [5, 5.41) is 0.550. The molecule has 0 spiro atoms. The molecule has 1 aliphatic rings. The third-order valence-electron chi connectivity index (χ3n) is 5.71. The lowest BCUT2D eigenvalue weighted by Crippen LogP contribution is -2.14. The summed E-state index contributed by atoms with van der Waals surface area (Å²) in [6, 6.07) is 15.3. The van der Waals surface area contributed by atoms with Gasteiger partial charge in [-0.1, -0.05) is 23.7 Å². The number of hydrogen-bond donors (Lipinski definition) is 0. The van der Waals surface area contributed by atoms with E-state index in [0.717, 1.165) is 31.9 Å². The van der Waals surface area contributed by atoms with Crippen molar-refractivity contribution in [2.75, 3.05) is 0 Å². The Morgan fingerprint density at radius 3 is 2.79 bits per heavy atom. The van der Waals surface area contributed by atoms with E-state index < -0.39 is 0 Å². The monoisotopic (exact) mass is 488 g/mol. The Balaban J connectivity index is 1.21. The topological polar surface area (TPSA) is 69.2 Å². The van der Waals surface area contributed by atoms with Crippen LogP contribution in [-0.4, -0.2) is 27.6 Å². The summed E-state index contributed by atoms with van der Waals surface area (Å²) in [5.41, 5.74) is 4.27. The number of aromatic nitrogens is 2. The highest BCUT2D eigenvalue weighted by atomic mass is 35.5. The first-order chi connectivity index (χ1) is 16.5. The summed E-state index contributed by atoms with van der Waals surface area (Å²) in [7, 11) is 0. The average Bonchev–Trinajstić information content (AvgIpc) is 3.49. The normalized spacial score (nSPS) is 14.9. The number of hydrogen-bond acceptors (Lipinski definition) is 6. The average molecular weight is 489 g/mol. The number of Topliss-reactive ketones (excluding diaryl/α,β-unsaturated/α-hetero) is 1. The van der Waals surface area contributed by atoms with Gasteiger partial charge in [0.05, 0.1) is 32.8 Å². The van der Waals surface area contributed by atoms with Gasteiger partial charge in [-0.05, 0) is 67.5 Å². The van der Waals surface area contributed by atoms with E-state index in [1.54, 1.807) is 25.3 Å². The van der Waals surface area contributed by atoms with Crippen molar-refractivity contribution in [2.45, 2.75) is 32.3 Å². The Morgan fingerprint density at radius 2 is 2.00 bits per heavy atom. The second kappa shape index (κ2) is 9.49. The number of fused-ring (bicyclic) bond motifs is 2. The van der Waals surface area contributed by atoms with Crippen molar-refractivity contribution in [1.82, 2.24) is 9.97 Å². The van der Waals surface area contributed by atoms with Gasteiger partial charge in [0.2, 0.25) is 0 Å². The minimum atomic E-state index is -0.100. The molecule has 0 N–H and O–H groups in total. The highest BCUT2D eigenvalue weighted by molar-refractivity contribution is 7.17. The molecule has 0 amide bonds. The molecule has 1 atom stereocenters. The first-order valence-corrected chi connectivity index (χ1v) is 12.2. The van der Waals surface area contributed by atoms with Gasteiger partial charge in [0.25, 0.3) is 0 Å². The standard InChI is InChI=1S/C27H21ClN2O3S/c1-16(31)25-10-11-26(34-25)17-12-18-13-21(33-27(18)22(28)14-17)9-8-20(32)7-6-19-15-29-23-4-2-3-5-24(23)30-19/h2-7,10-12,14-15,21H,8-9,13H2,1H3/b7-6+. The van der Waals surface area contributed by atoms with Crippen LogP contribution in [0.3, 0.4) is 0 Å². The lowest BCUT2D eigenvalue weighted by molar-refractivity contribution is -0.115. The summed E-state index contributed by atoms with van der Waals surface area (Å²) in [6.45, 7) is 1.56. The van der Waals surface area contributed by atoms with Crippen LogP contribution in [0.25, 0.3) is 27.6 Å². The number of nitrogens with zero attached hydrogens (tertiary/aromatic N) is 2. The Morgan fingerprint density at radius 1 is 1.18 bits per heavy atom. The lowest BCUT2D eigenvalue weighted by Gasteiger charge is -2.10. The van der Waals surface area contributed by atoms with Crippen LogP contribution < -0.4 is 4.74 Å². The van der Waals surface area contributed by atoms with Crippen LogP contribution in [0.2, 0.25) is 5.02 Å². The second-order valence-electron chi connectivity index (χ2n) is 8.23. The van der Waals surface area contributed by atoms with Crippen LogP contribution in [0.1, 0.15) is 40.7 Å². The summed E-state index contributed by atoms with van der Waals surface area (Å²) < 4.78 is 6.05. The third kappa shape index (κ3) is 4.79. The van der Waals surface area contributed by atoms with Gasteiger partial charge in [-0.25, -0.2) is 4.98 Å². The van der Waals surface area contributed by atoms with Gasteiger partial charge in [-0.2, -0.15) is 0 Å². The number of carbonyl (C=O) groups excluding carboxylic acids is 2. The summed E-state index contributed by atoms with van der Waals surface area (Å²) in [6.07, 6.45) is 6.47. The molecule has 5 nitrogen and oxygen atoms in total. The fraction of sp³-hybridized carbons (Fsp3) is 0.185. The Bertz CT molecular complexity index is 1440. The summed E-state index contributed by atoms with van der Waals surface area (Å²) in [4.78, 5) is 34.6. The molecule has 0 radical (unpaired) electrons. The van der Waals surface area contributed by atoms with Crippen LogP contribution >= 0.6 is 22.9 Å². The van der Waals surface area contributed by atoms with E-state index in [2.05, 4.69) is 16.0 Å². The van der Waals surface area contributed by atoms with E-state index in [-0.39, 0.29) is 17.7 Å². The van der Waals surface area contributed by atoms with Gasteiger partial charge in [-0.3, -0.25) is 14.6 Å². The lowest BCUT2D eigenvalue weighted by atomic mass is 10.0. The van der Waals surface area contributed by atoms with Crippen LogP contribution in [-0.2, 0) is 11.2 Å². The minimum Gasteiger partial charge on any atom is -0.488 e. The van der Waals surface area contributed by atoms with Crippen molar-refractivity contribution in [3.8, 4) is 16.2 Å². The zero-order valence-corrected chi connectivity index (χ0v) is 20.0. The molecule has 1 unspecified atom stereocenters. The number of thiophene rings is 1. The van der Waals surface area contributed by atoms with Gasteiger partial charge in [-0.15, -0.1) is 11.3 Å². The van der Waals surface area contributed by atoms with Crippen LogP contribution in [0.5, 0.6) is 5.75 Å². The van der Waals surface area contributed by atoms with Gasteiger partial charge in [0.1, 0.15) is 11.9 Å². The molecule has 0 saturated heterocycles. The number of allylic oxidation sites excluding steroid dienone is 1. The highest BCUT2D eigenvalue weighted by Gasteiger charge is 2.26. The molecular weight excluding hydrogens is 468 g/mol. The molecule has 3 heterocycles. The molecule has 0 fully saturated rings. The number of para-hydroxylation sites is 2. The maximum atomic E-state index is 12.4. The maximum absolute atomic E-state index is 12.4. The molecule has 4 aromatic rings. The van der Waals surface area contributed by atoms with Crippen molar-refractivity contribution in [3.63, 3.8) is 0 Å². The molecule has 1 aliphatic heterocycles. The molecule has 0 saturated carbocycles. The summed E-state index contributed by atoms with van der Waals surface area (Å²) >= 11 is 7.96. The molecule has 2 aromatic heterocycles. The Hall–Kier alpha value is -3.35. The third-order valence-corrected chi connectivity index (χ3v) is 7.23. The second-order valence-corrected chi connectivity index (χ2v) is 9.72. The Labute approximate surface area is 206 Å². The predicted octanol–water partition coefficient (Wildman–Crippen LogP) is 6.58. The van der Waals surface area contributed by atoms with E-state index in [0.29, 0.717) is 35.7 Å². The molecule has 0 aliphatic carbocycles. The molecule has 0 bridgehead atoms. The number of ketones is 2. The number of halogens is 1. The molecule has 2 aromatic carbocycles. The van der Waals surface area contributed by atoms with Crippen LogP contribution in [0.15, 0.2) is 60.8 Å². The predicted molar refractivity (Wildman–Crippen MR) is 136 cm³/mol. The van der Waals surface area contributed by atoms with E-state index in [1.165, 1.54) is 11.3 Å². The zero-order chi connectivity index (χ0) is 23.7. The first-order valence-electron chi connectivity index (χ1n) is 11.0. The number of carbonyl (C=O) groups is 2. The fourth-order valence-corrected chi connectivity index (χ4v) is 5.16. The SMILES string of the molecule is CC(=O)c1ccc(-c2cc(Cl)c3c(c2)CC(CCC(=O)/C=C/c2cnc4ccccc4n2)O3)s1. The van der Waals surface area contributed by atoms with Gasteiger partial charge >= 0.3 is 0 Å². The van der Waals surface area contributed by atoms with Crippen molar-refractivity contribution in [3.05, 3.63) is 82.0 Å². The van der Waals surface area contributed by atoms with Crippen LogP contribution in [0, 0.1) is 0 Å². The molecule has 34 heavy (non-hydrogen) atoms. The smallest absolute Gasteiger partial charge is 0.169 e. The zero-order valence-electron chi connectivity index (χ0n) is 18.5. The number of benzene rings is 2. The van der Waals surface area contributed by atoms with Crippen molar-refractivity contribution in [1.29, 1.82) is 0 Å². The molecular formula is C27H21ClN2O3S. The first kappa shape index (κ1) is 22.4. The van der Waals surface area contributed by atoms with E-state index in [9.17, 15) is 9.59 Å². The largest absolute Gasteiger partial charge is 0.488 e. The molecule has 170 valence electrons. The molecule has 7 heteroatoms. The van der Waals surface area contributed by atoms with E-state index >= 15 is 0 Å². The fourth-order valence-electron chi connectivity index (χ4n) is 3.99. The van der Waals surface area contributed by atoms with Crippen molar-refractivity contribution < 1.29 is 14.3 Å². The van der Waals surface area contributed by atoms with E-state index in [4.69, 9.17) is 16.3 Å². The quantitative estimate of drug-likeness (QED) is 0.217. The van der Waals surface area contributed by atoms with Gasteiger partial charge in [0.15, 0.2) is 11.6 Å². The minimum absolute atomic E-state index is 0.0108. The van der Waals surface area contributed by atoms with Crippen molar-refractivity contribution >= 4 is 51.6 Å². The molecule has 5 rings (SSSR count). The summed E-state index contributed by atoms with van der Waals surface area (Å²) in [5.74, 6) is 0.753. The van der Waals surface area contributed by atoms with Gasteiger partial charge < -0.3 is 4.74 Å². The number of rotatable bonds is 7. The van der Waals surface area contributed by atoms with Crippen molar-refractivity contribution in [2.24, 2.45) is 0 Å². The van der Waals surface area contributed by atoms with Crippen LogP contribution in [0.4, 0.5) is 0 Å². The Kier molecular flexibility index (Phi) is 6.26. The maximum Gasteiger partial charge on any atom is 0.169 e. The van der Waals surface area contributed by atoms with E-state index in [1.807, 2.05) is 42.5 Å². The number of ether oxygens (including phenoxy) is 1. The van der Waals surface area contributed by atoms with Gasteiger partial charge in [0, 0.05) is 23.3 Å².